The molecule has 2 heteroatoms. The summed E-state index contributed by atoms with van der Waals surface area (Å²) < 4.78 is 1.19. The smallest absolute Gasteiger partial charge is 0.0664 e. The van der Waals surface area contributed by atoms with Gasteiger partial charge >= 0.3 is 0 Å². The highest BCUT2D eigenvalue weighted by molar-refractivity contribution is 14.1. The molecule has 0 spiro atoms. The van der Waals surface area contributed by atoms with Gasteiger partial charge in [0.1, 0.15) is 0 Å². The molecule has 1 heterocycles. The van der Waals surface area contributed by atoms with Gasteiger partial charge in [0.2, 0.25) is 0 Å². The van der Waals surface area contributed by atoms with E-state index in [0.29, 0.717) is 11.8 Å². The number of rotatable bonds is 3. The number of hydrogen-bond acceptors (Lipinski definition) is 1. The van der Waals surface area contributed by atoms with Crippen molar-refractivity contribution in [3.63, 3.8) is 0 Å². The summed E-state index contributed by atoms with van der Waals surface area (Å²) in [7, 11) is 0. The maximum atomic E-state index is 4.54. The Labute approximate surface area is 112 Å². The molecule has 86 valence electrons. The molecule has 1 aromatic rings. The lowest BCUT2D eigenvalue weighted by Gasteiger charge is -2.35. The molecule has 0 saturated carbocycles. The maximum Gasteiger partial charge on any atom is 0.0664 e. The summed E-state index contributed by atoms with van der Waals surface area (Å²) in [6.07, 6.45) is 2.13. The summed E-state index contributed by atoms with van der Waals surface area (Å²) >= 11 is 2.48. The van der Waals surface area contributed by atoms with Crippen LogP contribution in [0.4, 0.5) is 5.69 Å². The molecule has 0 radical (unpaired) electrons. The molecule has 2 unspecified atom stereocenters. The molecule has 0 bridgehead atoms. The van der Waals surface area contributed by atoms with Crippen LogP contribution in [-0.2, 0) is 0 Å². The van der Waals surface area contributed by atoms with Crippen LogP contribution in [0.1, 0.15) is 32.3 Å². The lowest BCUT2D eigenvalue weighted by molar-refractivity contribution is 0.242. The van der Waals surface area contributed by atoms with Gasteiger partial charge < -0.3 is 0 Å². The Hall–Kier alpha value is -0.380. The number of benzene rings is 1. The Morgan fingerprint density at radius 2 is 2.06 bits per heavy atom. The Kier molecular flexibility index (Phi) is 3.38. The third kappa shape index (κ3) is 1.92. The van der Waals surface area contributed by atoms with E-state index in [4.69, 9.17) is 0 Å². The molecule has 2 rings (SSSR count). The van der Waals surface area contributed by atoms with Crippen LogP contribution in [0.15, 0.2) is 29.3 Å². The third-order valence-electron chi connectivity index (χ3n) is 3.94. The number of para-hydroxylation sites is 1. The number of fused-ring (bicyclic) bond motifs is 1. The normalized spacial score (nSPS) is 20.9. The number of aliphatic imine (C=N–C) groups is 1. The molecule has 1 aliphatic heterocycles. The first-order valence-electron chi connectivity index (χ1n) is 5.76. The van der Waals surface area contributed by atoms with Crippen LogP contribution in [0.2, 0.25) is 0 Å². The van der Waals surface area contributed by atoms with Gasteiger partial charge in [0.25, 0.3) is 0 Å². The average molecular weight is 327 g/mol. The molecule has 0 aliphatic carbocycles. The van der Waals surface area contributed by atoms with Crippen molar-refractivity contribution in [2.24, 2.45) is 16.3 Å². The molecule has 0 aromatic heterocycles. The van der Waals surface area contributed by atoms with Crippen LogP contribution >= 0.6 is 22.6 Å². The van der Waals surface area contributed by atoms with Gasteiger partial charge in [-0.05, 0) is 23.0 Å². The Bertz CT molecular complexity index is 409. The summed E-state index contributed by atoms with van der Waals surface area (Å²) in [5.74, 6) is 1.16. The number of halogens is 1. The van der Waals surface area contributed by atoms with Gasteiger partial charge in [-0.1, -0.05) is 61.6 Å². The lowest BCUT2D eigenvalue weighted by Crippen LogP contribution is -2.30. The van der Waals surface area contributed by atoms with E-state index in [1.807, 2.05) is 0 Å². The van der Waals surface area contributed by atoms with E-state index in [2.05, 4.69) is 78.8 Å². The van der Waals surface area contributed by atoms with Crippen molar-refractivity contribution in [2.45, 2.75) is 26.7 Å². The predicted molar refractivity (Wildman–Crippen MR) is 79.2 cm³/mol. The molecule has 1 aliphatic rings. The van der Waals surface area contributed by atoms with Crippen molar-refractivity contribution >= 4 is 34.5 Å². The largest absolute Gasteiger partial charge is 0.260 e. The van der Waals surface area contributed by atoms with E-state index >= 15 is 0 Å². The molecule has 0 fully saturated rings. The Morgan fingerprint density at radius 3 is 2.75 bits per heavy atom. The first-order valence-corrected chi connectivity index (χ1v) is 7.29. The van der Waals surface area contributed by atoms with E-state index in [9.17, 15) is 0 Å². The molecule has 0 saturated heterocycles. The molecular weight excluding hydrogens is 309 g/mol. The van der Waals surface area contributed by atoms with Crippen molar-refractivity contribution in [3.8, 4) is 0 Å². The summed E-state index contributed by atoms with van der Waals surface area (Å²) in [6.45, 7) is 7.05. The lowest BCUT2D eigenvalue weighted by atomic mass is 9.69. The summed E-state index contributed by atoms with van der Waals surface area (Å²) in [5.41, 5.74) is 2.82. The van der Waals surface area contributed by atoms with Gasteiger partial charge in [-0.15, -0.1) is 0 Å². The first-order chi connectivity index (χ1) is 7.57. The summed E-state index contributed by atoms with van der Waals surface area (Å²) in [4.78, 5) is 4.54. The monoisotopic (exact) mass is 327 g/mol. The van der Waals surface area contributed by atoms with Crippen molar-refractivity contribution in [1.82, 2.24) is 0 Å². The quantitative estimate of drug-likeness (QED) is 0.569. The van der Waals surface area contributed by atoms with Crippen LogP contribution < -0.4 is 0 Å². The molecule has 16 heavy (non-hydrogen) atoms. The molecular formula is C14H18IN. The highest BCUT2D eigenvalue weighted by Gasteiger charge is 2.37. The second kappa shape index (κ2) is 4.47. The molecule has 1 aromatic carbocycles. The van der Waals surface area contributed by atoms with Crippen molar-refractivity contribution in [2.75, 3.05) is 4.43 Å². The van der Waals surface area contributed by atoms with E-state index in [1.165, 1.54) is 9.99 Å². The van der Waals surface area contributed by atoms with E-state index in [1.54, 1.807) is 0 Å². The maximum absolute atomic E-state index is 4.54. The highest BCUT2D eigenvalue weighted by Crippen LogP contribution is 2.46. The van der Waals surface area contributed by atoms with Gasteiger partial charge in [0.15, 0.2) is 0 Å². The number of nitrogens with zero attached hydrogens (tertiary/aromatic N) is 1. The van der Waals surface area contributed by atoms with Crippen LogP contribution in [0, 0.1) is 11.3 Å². The van der Waals surface area contributed by atoms with Gasteiger partial charge in [-0.25, -0.2) is 0 Å². The topological polar surface area (TPSA) is 12.4 Å². The number of alkyl halides is 1. The van der Waals surface area contributed by atoms with Crippen LogP contribution in [-0.4, -0.2) is 10.6 Å². The van der Waals surface area contributed by atoms with E-state index < -0.39 is 0 Å². The second-order valence-corrected chi connectivity index (χ2v) is 6.07. The van der Waals surface area contributed by atoms with Gasteiger partial charge in [0, 0.05) is 16.6 Å². The zero-order chi connectivity index (χ0) is 11.8. The Morgan fingerprint density at radius 1 is 1.38 bits per heavy atom. The number of hydrogen-bond donors (Lipinski definition) is 0. The predicted octanol–water partition coefficient (Wildman–Crippen LogP) is 4.58. The standard InChI is InChI=1S/C14H18IN/c1-10(8-15)14(2,3)12-9-16-13-7-5-4-6-11(12)13/h4-7,9-10,12H,8H2,1-3H3. The molecule has 2 atom stereocenters. The van der Waals surface area contributed by atoms with Gasteiger partial charge in [-0.2, -0.15) is 0 Å². The molecule has 0 amide bonds. The SMILES string of the molecule is CC(CI)C(C)(C)C1C=Nc2ccccc21. The zero-order valence-electron chi connectivity index (χ0n) is 10.1. The second-order valence-electron chi connectivity index (χ2n) is 5.19. The first kappa shape index (κ1) is 12.1. The highest BCUT2D eigenvalue weighted by atomic mass is 127. The summed E-state index contributed by atoms with van der Waals surface area (Å²) in [5, 5.41) is 0. The average Bonchev–Trinajstić information content (AvgIpc) is 2.72. The van der Waals surface area contributed by atoms with E-state index in [0.717, 1.165) is 5.69 Å². The van der Waals surface area contributed by atoms with Crippen molar-refractivity contribution < 1.29 is 0 Å². The Balaban J connectivity index is 2.35. The van der Waals surface area contributed by atoms with Crippen LogP contribution in [0.25, 0.3) is 0 Å². The summed E-state index contributed by atoms with van der Waals surface area (Å²) in [6, 6.07) is 8.50. The third-order valence-corrected chi connectivity index (χ3v) is 5.26. The minimum absolute atomic E-state index is 0.275. The minimum Gasteiger partial charge on any atom is -0.260 e. The fourth-order valence-corrected chi connectivity index (χ4v) is 3.34. The van der Waals surface area contributed by atoms with Crippen LogP contribution in [0.5, 0.6) is 0 Å². The fourth-order valence-electron chi connectivity index (χ4n) is 2.20. The van der Waals surface area contributed by atoms with E-state index in [-0.39, 0.29) is 5.41 Å². The molecule has 1 nitrogen and oxygen atoms in total. The molecule has 0 N–H and O–H groups in total. The van der Waals surface area contributed by atoms with Gasteiger partial charge in [0.05, 0.1) is 5.69 Å². The van der Waals surface area contributed by atoms with Crippen LogP contribution in [0.3, 0.4) is 0 Å². The fraction of sp³-hybridized carbons (Fsp3) is 0.500. The van der Waals surface area contributed by atoms with Crippen molar-refractivity contribution in [3.05, 3.63) is 29.8 Å². The van der Waals surface area contributed by atoms with Gasteiger partial charge in [-0.3, -0.25) is 4.99 Å². The zero-order valence-corrected chi connectivity index (χ0v) is 12.2. The minimum atomic E-state index is 0.275. The van der Waals surface area contributed by atoms with Crippen molar-refractivity contribution in [1.29, 1.82) is 0 Å².